The first-order chi connectivity index (χ1) is 21.0. The van der Waals surface area contributed by atoms with Gasteiger partial charge in [-0.3, -0.25) is 23.7 Å². The molecule has 0 aliphatic carbocycles. The van der Waals surface area contributed by atoms with Crippen LogP contribution in [-0.2, 0) is 26.3 Å². The van der Waals surface area contributed by atoms with Crippen LogP contribution in [0.1, 0.15) is 42.7 Å². The van der Waals surface area contributed by atoms with Gasteiger partial charge >= 0.3 is 4.87 Å². The molecule has 8 nitrogen and oxygen atoms in total. The zero-order chi connectivity index (χ0) is 31.3. The summed E-state index contributed by atoms with van der Waals surface area (Å²) in [5.41, 5.74) is 2.98. The van der Waals surface area contributed by atoms with E-state index >= 15 is 0 Å². The van der Waals surface area contributed by atoms with Crippen molar-refractivity contribution in [3.8, 4) is 5.75 Å². The molecule has 11 heteroatoms. The van der Waals surface area contributed by atoms with Crippen molar-refractivity contribution >= 4 is 68.1 Å². The summed E-state index contributed by atoms with van der Waals surface area (Å²) in [5, 5.41) is 2.63. The largest absolute Gasteiger partial charge is 0.497 e. The third kappa shape index (κ3) is 5.52. The average Bonchev–Trinajstić information content (AvgIpc) is 3.43. The number of carbonyl (C=O) groups excluding carboxylic acids is 3. The fourth-order valence-corrected chi connectivity index (χ4v) is 8.71. The number of ether oxygens (including phenoxy) is 1. The lowest BCUT2D eigenvalue weighted by atomic mass is 9.81. The van der Waals surface area contributed by atoms with Gasteiger partial charge in [-0.05, 0) is 65.1 Å². The normalized spacial score (nSPS) is 19.5. The lowest BCUT2D eigenvalue weighted by Gasteiger charge is -2.31. The van der Waals surface area contributed by atoms with Crippen molar-refractivity contribution in [2.45, 2.75) is 48.9 Å². The fourth-order valence-electron chi connectivity index (χ4n) is 5.67. The molecule has 44 heavy (non-hydrogen) atoms. The van der Waals surface area contributed by atoms with Crippen molar-refractivity contribution in [1.29, 1.82) is 0 Å². The maximum atomic E-state index is 14.1. The standard InChI is InChI=1S/C33H30BrN3O5S2/c1-33(2,3)19-7-5-18(6-8-19)25-26-27(30(40)37(29(26)39)22-13-9-20(34)10-14-22)43-31-28(25)44-32(41)36(31)17-24(38)35-21-11-15-23(42-4)16-12-21/h5-16,25-27H,17H2,1-4H3,(H,35,38)/t25-,26?,27?/m1/s1. The third-order valence-electron chi connectivity index (χ3n) is 7.95. The summed E-state index contributed by atoms with van der Waals surface area (Å²) in [4.78, 5) is 56.2. The number of aromatic nitrogens is 1. The summed E-state index contributed by atoms with van der Waals surface area (Å²) in [7, 11) is 1.56. The van der Waals surface area contributed by atoms with Gasteiger partial charge in [-0.15, -0.1) is 0 Å². The van der Waals surface area contributed by atoms with Gasteiger partial charge < -0.3 is 10.1 Å². The fraction of sp³-hybridized carbons (Fsp3) is 0.273. The van der Waals surface area contributed by atoms with Crippen LogP contribution in [0.2, 0.25) is 0 Å². The molecule has 1 saturated heterocycles. The van der Waals surface area contributed by atoms with Crippen LogP contribution in [0.15, 0.2) is 87.1 Å². The van der Waals surface area contributed by atoms with Crippen LogP contribution < -0.4 is 19.8 Å². The first-order valence-electron chi connectivity index (χ1n) is 14.0. The molecule has 6 rings (SSSR count). The molecule has 0 saturated carbocycles. The van der Waals surface area contributed by atoms with Gasteiger partial charge in [-0.2, -0.15) is 0 Å². The van der Waals surface area contributed by atoms with E-state index in [-0.39, 0.29) is 34.6 Å². The maximum absolute atomic E-state index is 14.1. The van der Waals surface area contributed by atoms with Crippen molar-refractivity contribution in [2.75, 3.05) is 17.3 Å². The van der Waals surface area contributed by atoms with Crippen molar-refractivity contribution in [3.05, 3.63) is 103 Å². The van der Waals surface area contributed by atoms with Gasteiger partial charge in [0.05, 0.1) is 23.7 Å². The number of nitrogens with zero attached hydrogens (tertiary/aromatic N) is 2. The maximum Gasteiger partial charge on any atom is 0.308 e. The number of fused-ring (bicyclic) bond motifs is 2. The number of benzene rings is 3. The van der Waals surface area contributed by atoms with Gasteiger partial charge in [0.2, 0.25) is 17.7 Å². The second-order valence-corrected chi connectivity index (χ2v) is 14.8. The van der Waals surface area contributed by atoms with Crippen LogP contribution in [0.4, 0.5) is 11.4 Å². The highest BCUT2D eigenvalue weighted by atomic mass is 79.9. The van der Waals surface area contributed by atoms with E-state index in [4.69, 9.17) is 4.74 Å². The average molecular weight is 693 g/mol. The van der Waals surface area contributed by atoms with Crippen LogP contribution >= 0.6 is 39.0 Å². The molecule has 1 fully saturated rings. The molecule has 1 aromatic heterocycles. The number of nitrogens with one attached hydrogen (secondary N) is 1. The monoisotopic (exact) mass is 691 g/mol. The summed E-state index contributed by atoms with van der Waals surface area (Å²) >= 11 is 5.66. The lowest BCUT2D eigenvalue weighted by molar-refractivity contribution is -0.122. The second-order valence-electron chi connectivity index (χ2n) is 11.8. The molecule has 4 aromatic rings. The quantitative estimate of drug-likeness (QED) is 0.235. The molecule has 0 bridgehead atoms. The summed E-state index contributed by atoms with van der Waals surface area (Å²) in [6.45, 7) is 6.16. The minimum atomic E-state index is -0.754. The molecule has 2 unspecified atom stereocenters. The van der Waals surface area contributed by atoms with Crippen molar-refractivity contribution in [3.63, 3.8) is 0 Å². The molecule has 226 valence electrons. The Morgan fingerprint density at radius 2 is 1.59 bits per heavy atom. The van der Waals surface area contributed by atoms with Crippen molar-refractivity contribution < 1.29 is 19.1 Å². The van der Waals surface area contributed by atoms with E-state index in [2.05, 4.69) is 42.0 Å². The highest BCUT2D eigenvalue weighted by Gasteiger charge is 2.56. The molecule has 0 spiro atoms. The molecular formula is C33H30BrN3O5S2. The first kappa shape index (κ1) is 30.4. The lowest BCUT2D eigenvalue weighted by Crippen LogP contribution is -2.33. The van der Waals surface area contributed by atoms with Gasteiger partial charge in [0.15, 0.2) is 0 Å². The number of amides is 3. The van der Waals surface area contributed by atoms with Crippen LogP contribution in [0.3, 0.4) is 0 Å². The Labute approximate surface area is 271 Å². The molecule has 3 heterocycles. The molecule has 2 aliphatic rings. The van der Waals surface area contributed by atoms with Gasteiger partial charge in [0.1, 0.15) is 17.5 Å². The van der Waals surface area contributed by atoms with E-state index < -0.39 is 17.1 Å². The van der Waals surface area contributed by atoms with E-state index in [9.17, 15) is 19.2 Å². The topological polar surface area (TPSA) is 97.7 Å². The highest BCUT2D eigenvalue weighted by molar-refractivity contribution is 9.10. The van der Waals surface area contributed by atoms with Gasteiger partial charge in [-0.25, -0.2) is 4.90 Å². The zero-order valence-corrected chi connectivity index (χ0v) is 27.7. The number of hydrogen-bond donors (Lipinski definition) is 1. The summed E-state index contributed by atoms with van der Waals surface area (Å²) in [5.74, 6) is -1.57. The van der Waals surface area contributed by atoms with E-state index in [0.29, 0.717) is 27.0 Å². The summed E-state index contributed by atoms with van der Waals surface area (Å²) in [6.07, 6.45) is 0. The van der Waals surface area contributed by atoms with Crippen LogP contribution in [0.25, 0.3) is 0 Å². The molecule has 0 radical (unpaired) electrons. The summed E-state index contributed by atoms with van der Waals surface area (Å²) in [6, 6.07) is 22.1. The van der Waals surface area contributed by atoms with E-state index in [0.717, 1.165) is 26.9 Å². The Kier molecular flexibility index (Phi) is 8.06. The van der Waals surface area contributed by atoms with Crippen molar-refractivity contribution in [1.82, 2.24) is 4.57 Å². The number of halogens is 1. The summed E-state index contributed by atoms with van der Waals surface area (Å²) < 4.78 is 7.44. The molecular weight excluding hydrogens is 662 g/mol. The Balaban J connectivity index is 1.40. The Morgan fingerprint density at radius 1 is 0.932 bits per heavy atom. The number of methoxy groups -OCH3 is 1. The number of thiazole rings is 1. The predicted octanol–water partition coefficient (Wildman–Crippen LogP) is 6.41. The van der Waals surface area contributed by atoms with E-state index in [1.54, 1.807) is 55.6 Å². The van der Waals surface area contributed by atoms with E-state index in [1.165, 1.54) is 21.2 Å². The number of rotatable bonds is 6. The molecule has 3 atom stereocenters. The molecule has 3 aromatic carbocycles. The SMILES string of the molecule is COc1ccc(NC(=O)Cn2c3c(sc2=O)[C@H](c2ccc(C(C)(C)C)cc2)C2C(=O)N(c4ccc(Br)cc4)C(=O)C2S3)cc1. The minimum absolute atomic E-state index is 0.0719. The molecule has 3 amide bonds. The smallest absolute Gasteiger partial charge is 0.308 e. The molecule has 2 aliphatic heterocycles. The third-order valence-corrected chi connectivity index (χ3v) is 11.1. The van der Waals surface area contributed by atoms with Gasteiger partial charge in [0, 0.05) is 21.0 Å². The number of hydrogen-bond acceptors (Lipinski definition) is 7. The number of carbonyl (C=O) groups is 3. The van der Waals surface area contributed by atoms with Crippen LogP contribution in [-0.4, -0.2) is 34.6 Å². The van der Waals surface area contributed by atoms with Crippen LogP contribution in [0, 0.1) is 5.92 Å². The minimum Gasteiger partial charge on any atom is -0.497 e. The Hall–Kier alpha value is -3.67. The number of anilines is 2. The zero-order valence-electron chi connectivity index (χ0n) is 24.5. The van der Waals surface area contributed by atoms with Gasteiger partial charge in [-0.1, -0.05) is 84.1 Å². The Bertz CT molecular complexity index is 1810. The van der Waals surface area contributed by atoms with Crippen molar-refractivity contribution in [2.24, 2.45) is 5.92 Å². The Morgan fingerprint density at radius 3 is 2.20 bits per heavy atom. The molecule has 1 N–H and O–H groups in total. The number of thioether (sulfide) groups is 1. The first-order valence-corrected chi connectivity index (χ1v) is 16.5. The predicted molar refractivity (Wildman–Crippen MR) is 177 cm³/mol. The number of imide groups is 1. The van der Waals surface area contributed by atoms with Crippen LogP contribution in [0.5, 0.6) is 5.75 Å². The second kappa shape index (κ2) is 11.7. The van der Waals surface area contributed by atoms with E-state index in [1.807, 2.05) is 24.3 Å². The van der Waals surface area contributed by atoms with Gasteiger partial charge in [0.25, 0.3) is 0 Å². The highest BCUT2D eigenvalue weighted by Crippen LogP contribution is 2.54.